The van der Waals surface area contributed by atoms with Crippen LogP contribution in [0.1, 0.15) is 56.6 Å². The lowest BCUT2D eigenvalue weighted by atomic mass is 9.90. The number of amides is 3. The maximum atomic E-state index is 14.1. The summed E-state index contributed by atoms with van der Waals surface area (Å²) in [5.41, 5.74) is 8.33. The Hall–Kier alpha value is -3.43. The van der Waals surface area contributed by atoms with Crippen molar-refractivity contribution in [3.63, 3.8) is 0 Å². The first-order chi connectivity index (χ1) is 19.9. The monoisotopic (exact) mass is 563 g/mol. The van der Waals surface area contributed by atoms with Gasteiger partial charge < -0.3 is 31.3 Å². The molecule has 222 valence electrons. The normalized spacial score (nSPS) is 22.9. The van der Waals surface area contributed by atoms with Gasteiger partial charge in [0.15, 0.2) is 0 Å². The molecular formula is C32H45N5O4. The van der Waals surface area contributed by atoms with Crippen molar-refractivity contribution in [2.75, 3.05) is 20.2 Å². The fraction of sp³-hybridized carbons (Fsp3) is 0.531. The lowest BCUT2D eigenvalue weighted by molar-refractivity contribution is -0.143. The van der Waals surface area contributed by atoms with Gasteiger partial charge in [0.05, 0.1) is 13.2 Å². The molecule has 2 saturated heterocycles. The fourth-order valence-electron chi connectivity index (χ4n) is 5.99. The van der Waals surface area contributed by atoms with Gasteiger partial charge in [0.25, 0.3) is 0 Å². The van der Waals surface area contributed by atoms with Gasteiger partial charge in [-0.25, -0.2) is 0 Å². The molecule has 5 N–H and O–H groups in total. The second kappa shape index (κ2) is 15.0. The van der Waals surface area contributed by atoms with Gasteiger partial charge in [0.1, 0.15) is 17.8 Å². The SMILES string of the molecule is CC[C@H](N)C(=O)N[C@@H]1C(=O)N2C(CC[C@@H]1CCNCc1ccccc1)CC[C@H]2C(=O)NCCc1ccc(OC)cc1. The number of methoxy groups -OCH3 is 1. The van der Waals surface area contributed by atoms with E-state index in [9.17, 15) is 14.4 Å². The summed E-state index contributed by atoms with van der Waals surface area (Å²) in [4.78, 5) is 42.0. The van der Waals surface area contributed by atoms with Crippen LogP contribution in [0.5, 0.6) is 5.75 Å². The van der Waals surface area contributed by atoms with E-state index < -0.39 is 18.1 Å². The number of carbonyl (C=O) groups is 3. The predicted molar refractivity (Wildman–Crippen MR) is 159 cm³/mol. The topological polar surface area (TPSA) is 126 Å². The molecular weight excluding hydrogens is 518 g/mol. The molecule has 3 amide bonds. The molecule has 0 spiro atoms. The van der Waals surface area contributed by atoms with E-state index in [1.807, 2.05) is 49.4 Å². The van der Waals surface area contributed by atoms with Crippen LogP contribution >= 0.6 is 0 Å². The van der Waals surface area contributed by atoms with Crippen LogP contribution in [0.15, 0.2) is 54.6 Å². The van der Waals surface area contributed by atoms with Crippen molar-refractivity contribution in [1.82, 2.24) is 20.9 Å². The van der Waals surface area contributed by atoms with E-state index in [1.54, 1.807) is 12.0 Å². The highest BCUT2D eigenvalue weighted by atomic mass is 16.5. The van der Waals surface area contributed by atoms with Gasteiger partial charge in [-0.1, -0.05) is 49.4 Å². The third-order valence-corrected chi connectivity index (χ3v) is 8.48. The average Bonchev–Trinajstić information content (AvgIpc) is 3.38. The van der Waals surface area contributed by atoms with Crippen molar-refractivity contribution in [2.45, 2.75) is 82.6 Å². The Morgan fingerprint density at radius 3 is 2.44 bits per heavy atom. The van der Waals surface area contributed by atoms with Crippen LogP contribution in [-0.4, -0.2) is 67.0 Å². The zero-order valence-electron chi connectivity index (χ0n) is 24.3. The summed E-state index contributed by atoms with van der Waals surface area (Å²) in [6, 6.07) is 16.1. The number of carbonyl (C=O) groups excluding carboxylic acids is 3. The molecule has 0 radical (unpaired) electrons. The average molecular weight is 564 g/mol. The number of nitrogens with one attached hydrogen (secondary N) is 3. The summed E-state index contributed by atoms with van der Waals surface area (Å²) < 4.78 is 5.21. The Kier molecular flexibility index (Phi) is 11.2. The van der Waals surface area contributed by atoms with Gasteiger partial charge in [-0.2, -0.15) is 0 Å². The summed E-state index contributed by atoms with van der Waals surface area (Å²) in [7, 11) is 1.63. The quantitative estimate of drug-likeness (QED) is 0.278. The third kappa shape index (κ3) is 8.07. The molecule has 1 unspecified atom stereocenters. The Bertz CT molecular complexity index is 1140. The molecule has 9 nitrogen and oxygen atoms in total. The van der Waals surface area contributed by atoms with E-state index >= 15 is 0 Å². The highest BCUT2D eigenvalue weighted by Gasteiger charge is 2.47. The van der Waals surface area contributed by atoms with E-state index in [-0.39, 0.29) is 29.7 Å². The minimum Gasteiger partial charge on any atom is -0.497 e. The van der Waals surface area contributed by atoms with Gasteiger partial charge in [0.2, 0.25) is 17.7 Å². The molecule has 2 fully saturated rings. The van der Waals surface area contributed by atoms with Gasteiger partial charge in [0, 0.05) is 19.1 Å². The van der Waals surface area contributed by atoms with Gasteiger partial charge >= 0.3 is 0 Å². The van der Waals surface area contributed by atoms with Crippen molar-refractivity contribution in [3.8, 4) is 5.75 Å². The van der Waals surface area contributed by atoms with Gasteiger partial charge in [-0.3, -0.25) is 14.4 Å². The summed E-state index contributed by atoms with van der Waals surface area (Å²) in [5.74, 6) is 0.147. The number of hydrogen-bond acceptors (Lipinski definition) is 6. The fourth-order valence-corrected chi connectivity index (χ4v) is 5.99. The first-order valence-electron chi connectivity index (χ1n) is 14.9. The Balaban J connectivity index is 1.39. The second-order valence-electron chi connectivity index (χ2n) is 11.2. The van der Waals surface area contributed by atoms with Crippen LogP contribution < -0.4 is 26.4 Å². The van der Waals surface area contributed by atoms with E-state index in [0.717, 1.165) is 50.1 Å². The molecule has 5 atom stereocenters. The first-order valence-corrected chi connectivity index (χ1v) is 14.9. The van der Waals surface area contributed by atoms with Crippen molar-refractivity contribution in [1.29, 1.82) is 0 Å². The maximum Gasteiger partial charge on any atom is 0.246 e. The largest absolute Gasteiger partial charge is 0.497 e. The van der Waals surface area contributed by atoms with E-state index in [1.165, 1.54) is 5.56 Å². The molecule has 9 heteroatoms. The van der Waals surface area contributed by atoms with E-state index in [0.29, 0.717) is 25.8 Å². The van der Waals surface area contributed by atoms with Gasteiger partial charge in [-0.05, 0) is 80.7 Å². The molecule has 0 bridgehead atoms. The highest BCUT2D eigenvalue weighted by molar-refractivity contribution is 5.94. The molecule has 0 aromatic heterocycles. The number of ether oxygens (including phenoxy) is 1. The standard InChI is InChI=1S/C32H45N5O4/c1-3-27(33)30(38)36-29-24(18-19-34-21-23-7-5-4-6-8-23)11-12-25-13-16-28(37(25)32(29)40)31(39)35-20-17-22-9-14-26(41-2)15-10-22/h4-10,14-15,24-25,27-29,34H,3,11-13,16-21,33H2,1-2H3,(H,35,39)(H,36,38)/t24-,25?,27+,28+,29+/m1/s1. The molecule has 4 rings (SSSR count). The smallest absolute Gasteiger partial charge is 0.246 e. The third-order valence-electron chi connectivity index (χ3n) is 8.48. The lowest BCUT2D eigenvalue weighted by Crippen LogP contribution is -2.58. The van der Waals surface area contributed by atoms with E-state index in [2.05, 4.69) is 28.1 Å². The van der Waals surface area contributed by atoms with Crippen molar-refractivity contribution in [3.05, 3.63) is 65.7 Å². The van der Waals surface area contributed by atoms with Crippen LogP contribution in [0.2, 0.25) is 0 Å². The summed E-state index contributed by atoms with van der Waals surface area (Å²) in [6.07, 6.45) is 4.95. The van der Waals surface area contributed by atoms with Crippen molar-refractivity contribution >= 4 is 17.7 Å². The minimum atomic E-state index is -0.698. The predicted octanol–water partition coefficient (Wildman–Crippen LogP) is 2.53. The number of fused-ring (bicyclic) bond motifs is 1. The molecule has 41 heavy (non-hydrogen) atoms. The van der Waals surface area contributed by atoms with Crippen LogP contribution in [-0.2, 0) is 27.3 Å². The summed E-state index contributed by atoms with van der Waals surface area (Å²) in [5, 5.41) is 9.51. The molecule has 2 aliphatic heterocycles. The van der Waals surface area contributed by atoms with E-state index in [4.69, 9.17) is 10.5 Å². The number of hydrogen-bond donors (Lipinski definition) is 4. The number of nitrogens with two attached hydrogens (primary N) is 1. The highest BCUT2D eigenvalue weighted by Crippen LogP contribution is 2.35. The first kappa shape index (κ1) is 30.5. The molecule has 0 aliphatic carbocycles. The van der Waals surface area contributed by atoms with Crippen LogP contribution in [0, 0.1) is 5.92 Å². The van der Waals surface area contributed by atoms with Crippen LogP contribution in [0.4, 0.5) is 0 Å². The van der Waals surface area contributed by atoms with Crippen molar-refractivity contribution in [2.24, 2.45) is 11.7 Å². The number of nitrogens with zero attached hydrogens (tertiary/aromatic N) is 1. The Labute approximate surface area is 243 Å². The second-order valence-corrected chi connectivity index (χ2v) is 11.2. The molecule has 0 saturated carbocycles. The zero-order chi connectivity index (χ0) is 29.2. The lowest BCUT2D eigenvalue weighted by Gasteiger charge is -2.32. The minimum absolute atomic E-state index is 0.00127. The Morgan fingerprint density at radius 2 is 1.73 bits per heavy atom. The molecule has 2 heterocycles. The Morgan fingerprint density at radius 1 is 1.00 bits per heavy atom. The maximum absolute atomic E-state index is 14.1. The van der Waals surface area contributed by atoms with Gasteiger partial charge in [-0.15, -0.1) is 0 Å². The van der Waals surface area contributed by atoms with Crippen LogP contribution in [0.3, 0.4) is 0 Å². The summed E-state index contributed by atoms with van der Waals surface area (Å²) in [6.45, 7) is 3.80. The molecule has 2 aliphatic rings. The number of benzene rings is 2. The zero-order valence-corrected chi connectivity index (χ0v) is 24.3. The van der Waals surface area contributed by atoms with Crippen molar-refractivity contribution < 1.29 is 19.1 Å². The van der Waals surface area contributed by atoms with Crippen LogP contribution in [0.25, 0.3) is 0 Å². The number of rotatable bonds is 13. The molecule has 2 aromatic carbocycles. The summed E-state index contributed by atoms with van der Waals surface area (Å²) >= 11 is 0. The molecule has 2 aromatic rings.